The Morgan fingerprint density at radius 2 is 1.87 bits per heavy atom. The van der Waals surface area contributed by atoms with Gasteiger partial charge in [-0.25, -0.2) is 4.79 Å². The molecule has 6 nitrogen and oxygen atoms in total. The number of aryl methyl sites for hydroxylation is 3. The van der Waals surface area contributed by atoms with Crippen molar-refractivity contribution in [2.75, 3.05) is 11.9 Å². The quantitative estimate of drug-likeness (QED) is 0.860. The van der Waals surface area contributed by atoms with Crippen molar-refractivity contribution in [1.82, 2.24) is 9.78 Å². The van der Waals surface area contributed by atoms with E-state index in [9.17, 15) is 9.59 Å². The molecule has 2 aromatic rings. The minimum Gasteiger partial charge on any atom is -0.452 e. The Kier molecular flexibility index (Phi) is 5.16. The summed E-state index contributed by atoms with van der Waals surface area (Å²) in [5, 5.41) is 6.94. The van der Waals surface area contributed by atoms with Crippen LogP contribution >= 0.6 is 0 Å². The lowest BCUT2D eigenvalue weighted by Crippen LogP contribution is -2.21. The van der Waals surface area contributed by atoms with E-state index in [0.29, 0.717) is 11.3 Å². The molecule has 122 valence electrons. The molecule has 0 radical (unpaired) electrons. The molecule has 0 saturated carbocycles. The lowest BCUT2D eigenvalue weighted by Gasteiger charge is -2.07. The summed E-state index contributed by atoms with van der Waals surface area (Å²) < 4.78 is 6.73. The first-order valence-corrected chi connectivity index (χ1v) is 7.48. The third-order valence-electron chi connectivity index (χ3n) is 3.71. The van der Waals surface area contributed by atoms with Crippen LogP contribution in [-0.4, -0.2) is 28.3 Å². The van der Waals surface area contributed by atoms with E-state index in [4.69, 9.17) is 4.74 Å². The molecule has 0 aliphatic heterocycles. The summed E-state index contributed by atoms with van der Waals surface area (Å²) in [5.41, 5.74) is 3.79. The SMILES string of the molecule is CCc1ccc(C(=O)OCC(=O)Nc2c(C)nn(C)c2C)cc1. The standard InChI is InChI=1S/C17H21N3O3/c1-5-13-6-8-14(9-7-13)17(22)23-10-15(21)18-16-11(2)19-20(4)12(16)3/h6-9H,5,10H2,1-4H3,(H,18,21). The van der Waals surface area contributed by atoms with Crippen LogP contribution in [0.3, 0.4) is 0 Å². The van der Waals surface area contributed by atoms with Crippen LogP contribution in [0.15, 0.2) is 24.3 Å². The van der Waals surface area contributed by atoms with Crippen molar-refractivity contribution in [2.24, 2.45) is 7.05 Å². The Hall–Kier alpha value is -2.63. The van der Waals surface area contributed by atoms with Gasteiger partial charge >= 0.3 is 5.97 Å². The lowest BCUT2D eigenvalue weighted by atomic mass is 10.1. The molecule has 1 heterocycles. The van der Waals surface area contributed by atoms with Crippen LogP contribution in [0, 0.1) is 13.8 Å². The zero-order valence-corrected chi connectivity index (χ0v) is 13.8. The van der Waals surface area contributed by atoms with Crippen LogP contribution < -0.4 is 5.32 Å². The predicted molar refractivity (Wildman–Crippen MR) is 87.4 cm³/mol. The minimum atomic E-state index is -0.512. The molecule has 1 aromatic heterocycles. The summed E-state index contributed by atoms with van der Waals surface area (Å²) in [5.74, 6) is -0.898. The molecule has 1 N–H and O–H groups in total. The first-order chi connectivity index (χ1) is 10.9. The van der Waals surface area contributed by atoms with E-state index in [2.05, 4.69) is 10.4 Å². The number of hydrogen-bond acceptors (Lipinski definition) is 4. The number of anilines is 1. The number of carbonyl (C=O) groups is 2. The normalized spacial score (nSPS) is 10.4. The van der Waals surface area contributed by atoms with Crippen molar-refractivity contribution in [3.63, 3.8) is 0 Å². The number of nitrogens with zero attached hydrogens (tertiary/aromatic N) is 2. The van der Waals surface area contributed by atoms with Crippen molar-refractivity contribution in [1.29, 1.82) is 0 Å². The van der Waals surface area contributed by atoms with E-state index in [1.165, 1.54) is 0 Å². The second kappa shape index (κ2) is 7.09. The zero-order chi connectivity index (χ0) is 17.0. The van der Waals surface area contributed by atoms with Crippen LogP contribution in [0.5, 0.6) is 0 Å². The van der Waals surface area contributed by atoms with Crippen molar-refractivity contribution < 1.29 is 14.3 Å². The zero-order valence-electron chi connectivity index (χ0n) is 13.8. The van der Waals surface area contributed by atoms with Gasteiger partial charge < -0.3 is 10.1 Å². The molecular weight excluding hydrogens is 294 g/mol. The second-order valence-corrected chi connectivity index (χ2v) is 5.34. The van der Waals surface area contributed by atoms with E-state index >= 15 is 0 Å². The average molecular weight is 315 g/mol. The van der Waals surface area contributed by atoms with Gasteiger partial charge in [0.2, 0.25) is 0 Å². The van der Waals surface area contributed by atoms with Gasteiger partial charge in [-0.05, 0) is 38.0 Å². The smallest absolute Gasteiger partial charge is 0.338 e. The number of esters is 1. The molecule has 0 aliphatic rings. The first kappa shape index (κ1) is 16.7. The van der Waals surface area contributed by atoms with Crippen LogP contribution in [0.4, 0.5) is 5.69 Å². The summed E-state index contributed by atoms with van der Waals surface area (Å²) in [6.07, 6.45) is 0.904. The van der Waals surface area contributed by atoms with Gasteiger partial charge in [0.25, 0.3) is 5.91 Å². The van der Waals surface area contributed by atoms with Gasteiger partial charge in [-0.3, -0.25) is 9.48 Å². The van der Waals surface area contributed by atoms with Gasteiger partial charge in [-0.2, -0.15) is 5.10 Å². The highest BCUT2D eigenvalue weighted by molar-refractivity contribution is 5.96. The van der Waals surface area contributed by atoms with E-state index in [1.54, 1.807) is 23.9 Å². The molecule has 0 aliphatic carbocycles. The Labute approximate surface area is 135 Å². The fraction of sp³-hybridized carbons (Fsp3) is 0.353. The molecule has 1 aromatic carbocycles. The van der Waals surface area contributed by atoms with Gasteiger partial charge in [0, 0.05) is 7.05 Å². The summed E-state index contributed by atoms with van der Waals surface area (Å²) in [4.78, 5) is 23.9. The van der Waals surface area contributed by atoms with Gasteiger partial charge in [-0.1, -0.05) is 19.1 Å². The maximum absolute atomic E-state index is 11.9. The molecular formula is C17H21N3O3. The number of carbonyl (C=O) groups excluding carboxylic acids is 2. The fourth-order valence-corrected chi connectivity index (χ4v) is 2.22. The molecule has 2 rings (SSSR count). The summed E-state index contributed by atoms with van der Waals surface area (Å²) in [6, 6.07) is 7.15. The highest BCUT2D eigenvalue weighted by atomic mass is 16.5. The van der Waals surface area contributed by atoms with Crippen molar-refractivity contribution in [3.8, 4) is 0 Å². The van der Waals surface area contributed by atoms with Crippen LogP contribution in [-0.2, 0) is 23.0 Å². The Morgan fingerprint density at radius 1 is 1.22 bits per heavy atom. The Bertz CT molecular complexity index is 717. The molecule has 0 spiro atoms. The number of rotatable bonds is 5. The Morgan fingerprint density at radius 3 is 2.39 bits per heavy atom. The van der Waals surface area contributed by atoms with E-state index < -0.39 is 5.97 Å². The first-order valence-electron chi connectivity index (χ1n) is 7.48. The van der Waals surface area contributed by atoms with Gasteiger partial charge in [0.05, 0.1) is 22.6 Å². The number of nitrogens with one attached hydrogen (secondary N) is 1. The second-order valence-electron chi connectivity index (χ2n) is 5.34. The van der Waals surface area contributed by atoms with Crippen molar-refractivity contribution in [2.45, 2.75) is 27.2 Å². The minimum absolute atomic E-state index is 0.331. The lowest BCUT2D eigenvalue weighted by molar-refractivity contribution is -0.119. The average Bonchev–Trinajstić information content (AvgIpc) is 2.79. The maximum Gasteiger partial charge on any atom is 0.338 e. The molecule has 0 saturated heterocycles. The summed E-state index contributed by atoms with van der Waals surface area (Å²) in [6.45, 7) is 5.38. The van der Waals surface area contributed by atoms with Gasteiger partial charge in [0.15, 0.2) is 6.61 Å². The van der Waals surface area contributed by atoms with Gasteiger partial charge in [-0.15, -0.1) is 0 Å². The molecule has 1 amide bonds. The summed E-state index contributed by atoms with van der Waals surface area (Å²) >= 11 is 0. The largest absolute Gasteiger partial charge is 0.452 e. The topological polar surface area (TPSA) is 73.2 Å². The van der Waals surface area contributed by atoms with E-state index in [-0.39, 0.29) is 12.5 Å². The van der Waals surface area contributed by atoms with Crippen LogP contribution in [0.2, 0.25) is 0 Å². The number of ether oxygens (including phenoxy) is 1. The molecule has 6 heteroatoms. The van der Waals surface area contributed by atoms with Crippen molar-refractivity contribution >= 4 is 17.6 Å². The van der Waals surface area contributed by atoms with Gasteiger partial charge in [0.1, 0.15) is 0 Å². The molecule has 23 heavy (non-hydrogen) atoms. The molecule has 0 atom stereocenters. The van der Waals surface area contributed by atoms with E-state index in [0.717, 1.165) is 23.4 Å². The van der Waals surface area contributed by atoms with Crippen molar-refractivity contribution in [3.05, 3.63) is 46.8 Å². The van der Waals surface area contributed by atoms with E-state index in [1.807, 2.05) is 32.9 Å². The Balaban J connectivity index is 1.92. The monoisotopic (exact) mass is 315 g/mol. The summed E-state index contributed by atoms with van der Waals surface area (Å²) in [7, 11) is 1.80. The number of amides is 1. The number of benzene rings is 1. The highest BCUT2D eigenvalue weighted by Gasteiger charge is 2.14. The molecule has 0 unspecified atom stereocenters. The number of hydrogen-bond donors (Lipinski definition) is 1. The number of aromatic nitrogens is 2. The third kappa shape index (κ3) is 3.97. The fourth-order valence-electron chi connectivity index (χ4n) is 2.22. The highest BCUT2D eigenvalue weighted by Crippen LogP contribution is 2.18. The van der Waals surface area contributed by atoms with Crippen LogP contribution in [0.1, 0.15) is 34.2 Å². The maximum atomic E-state index is 11.9. The van der Waals surface area contributed by atoms with Crippen LogP contribution in [0.25, 0.3) is 0 Å². The predicted octanol–water partition coefficient (Wildman–Crippen LogP) is 2.39. The molecule has 0 fully saturated rings. The molecule has 0 bridgehead atoms. The third-order valence-corrected chi connectivity index (χ3v) is 3.71.